The summed E-state index contributed by atoms with van der Waals surface area (Å²) >= 11 is 0. The van der Waals surface area contributed by atoms with Crippen LogP contribution >= 0.6 is 0 Å². The normalized spacial score (nSPS) is 41.9. The van der Waals surface area contributed by atoms with Crippen molar-refractivity contribution in [2.75, 3.05) is 0 Å². The van der Waals surface area contributed by atoms with E-state index in [9.17, 15) is 10.2 Å². The number of hydrogen-bond acceptors (Lipinski definition) is 2. The lowest BCUT2D eigenvalue weighted by Crippen LogP contribution is -2.48. The summed E-state index contributed by atoms with van der Waals surface area (Å²) in [6.45, 7) is 12.2. The molecule has 4 aliphatic rings. The molecule has 0 spiro atoms. The summed E-state index contributed by atoms with van der Waals surface area (Å²) in [6.07, 6.45) is 16.1. The van der Waals surface area contributed by atoms with Gasteiger partial charge in [-0.25, -0.2) is 0 Å². The number of rotatable bonds is 5. The molecule has 0 aromatic carbocycles. The van der Waals surface area contributed by atoms with E-state index in [1.807, 2.05) is 0 Å². The first kappa shape index (κ1) is 21.6. The quantitative estimate of drug-likeness (QED) is 0.509. The van der Waals surface area contributed by atoms with E-state index in [2.05, 4.69) is 46.8 Å². The van der Waals surface area contributed by atoms with E-state index >= 15 is 0 Å². The third-order valence-corrected chi connectivity index (χ3v) is 9.81. The maximum atomic E-state index is 10.2. The second kappa shape index (κ2) is 7.52. The van der Waals surface area contributed by atoms with Gasteiger partial charge in [0.25, 0.3) is 0 Å². The Morgan fingerprint density at radius 1 is 0.931 bits per heavy atom. The van der Waals surface area contributed by atoms with Gasteiger partial charge in [-0.05, 0) is 72.5 Å². The predicted octanol–water partition coefficient (Wildman–Crippen LogP) is 6.63. The number of allylic oxidation sites excluding steroid dienone is 3. The van der Waals surface area contributed by atoms with Gasteiger partial charge in [0.05, 0.1) is 0 Å². The third-order valence-electron chi connectivity index (χ3n) is 9.81. The van der Waals surface area contributed by atoms with Crippen LogP contribution in [0.1, 0.15) is 98.8 Å². The molecule has 0 heterocycles. The van der Waals surface area contributed by atoms with Crippen LogP contribution in [0.4, 0.5) is 0 Å². The fourth-order valence-electron chi connectivity index (χ4n) is 8.00. The van der Waals surface area contributed by atoms with Crippen molar-refractivity contribution in [1.29, 1.82) is 0 Å². The largest absolute Gasteiger partial charge is 0.365 e. The molecular formula is C27H44O2. The van der Waals surface area contributed by atoms with Gasteiger partial charge in [0.2, 0.25) is 0 Å². The second-order valence-corrected chi connectivity index (χ2v) is 12.1. The van der Waals surface area contributed by atoms with Crippen LogP contribution in [0.3, 0.4) is 0 Å². The molecule has 29 heavy (non-hydrogen) atoms. The molecule has 2 nitrogen and oxygen atoms in total. The molecule has 4 aliphatic carbocycles. The molecule has 0 saturated heterocycles. The molecule has 0 unspecified atom stereocenters. The Morgan fingerprint density at radius 2 is 1.69 bits per heavy atom. The van der Waals surface area contributed by atoms with Crippen LogP contribution < -0.4 is 0 Å². The first-order valence-corrected chi connectivity index (χ1v) is 12.4. The summed E-state index contributed by atoms with van der Waals surface area (Å²) in [5, 5.41) is 20.4. The van der Waals surface area contributed by atoms with Crippen molar-refractivity contribution in [1.82, 2.24) is 0 Å². The molecular weight excluding hydrogens is 356 g/mol. The van der Waals surface area contributed by atoms with E-state index in [-0.39, 0.29) is 5.41 Å². The highest BCUT2D eigenvalue weighted by Crippen LogP contribution is 2.66. The van der Waals surface area contributed by atoms with Gasteiger partial charge in [0.1, 0.15) is 0 Å². The lowest BCUT2D eigenvalue weighted by atomic mass is 9.49. The van der Waals surface area contributed by atoms with Crippen molar-refractivity contribution >= 4 is 0 Å². The molecule has 2 heteroatoms. The molecule has 0 aromatic heterocycles. The van der Waals surface area contributed by atoms with Crippen molar-refractivity contribution in [3.63, 3.8) is 0 Å². The Balaban J connectivity index is 1.54. The average molecular weight is 401 g/mol. The first-order valence-electron chi connectivity index (χ1n) is 12.4. The molecule has 0 bridgehead atoms. The molecule has 0 radical (unpaired) electrons. The highest BCUT2D eigenvalue weighted by Gasteiger charge is 2.57. The Bertz CT molecular complexity index is 687. The first-order chi connectivity index (χ1) is 13.6. The van der Waals surface area contributed by atoms with E-state index in [0.717, 1.165) is 30.1 Å². The fraction of sp³-hybridized carbons (Fsp3) is 0.852. The van der Waals surface area contributed by atoms with Crippen LogP contribution in [-0.4, -0.2) is 16.0 Å². The molecule has 0 aliphatic heterocycles. The van der Waals surface area contributed by atoms with Crippen molar-refractivity contribution in [3.8, 4) is 0 Å². The van der Waals surface area contributed by atoms with Crippen molar-refractivity contribution < 1.29 is 10.2 Å². The lowest BCUT2D eigenvalue weighted by molar-refractivity contribution is -0.183. The topological polar surface area (TPSA) is 40.5 Å². The van der Waals surface area contributed by atoms with E-state index in [1.165, 1.54) is 50.5 Å². The van der Waals surface area contributed by atoms with Gasteiger partial charge in [0.15, 0.2) is 5.79 Å². The molecule has 4 rings (SSSR count). The van der Waals surface area contributed by atoms with Crippen molar-refractivity contribution in [3.05, 3.63) is 23.3 Å². The minimum atomic E-state index is -1.50. The minimum absolute atomic E-state index is 0.140. The summed E-state index contributed by atoms with van der Waals surface area (Å²) < 4.78 is 0. The van der Waals surface area contributed by atoms with Crippen LogP contribution in [-0.2, 0) is 0 Å². The van der Waals surface area contributed by atoms with E-state index in [0.29, 0.717) is 24.2 Å². The molecule has 164 valence electrons. The van der Waals surface area contributed by atoms with Crippen LogP contribution in [0.5, 0.6) is 0 Å². The Hall–Kier alpha value is -0.600. The average Bonchev–Trinajstić information content (AvgIpc) is 2.99. The molecule has 0 amide bonds. The number of aliphatic hydroxyl groups is 2. The zero-order chi connectivity index (χ0) is 21.0. The smallest absolute Gasteiger partial charge is 0.166 e. The maximum absolute atomic E-state index is 10.2. The maximum Gasteiger partial charge on any atom is 0.166 e. The molecule has 2 N–H and O–H groups in total. The van der Waals surface area contributed by atoms with E-state index in [1.54, 1.807) is 5.57 Å². The standard InChI is InChI=1S/C27H44O2/c1-18(2)7-6-8-19(3)22-11-12-23-21-10-9-20-17-27(28,29)16-15-25(20,4)24(21)13-14-26(22,23)5/h9-10,18-19,22-24,28-29H,6-8,11-17H2,1-5H3/t19-,22-,23+,24+,25+,26-/m1/s1. The van der Waals surface area contributed by atoms with Crippen molar-refractivity contribution in [2.24, 2.45) is 40.4 Å². The van der Waals surface area contributed by atoms with E-state index in [4.69, 9.17) is 0 Å². The monoisotopic (exact) mass is 400 g/mol. The van der Waals surface area contributed by atoms with Gasteiger partial charge in [0, 0.05) is 12.8 Å². The van der Waals surface area contributed by atoms with Gasteiger partial charge in [-0.1, -0.05) is 77.2 Å². The summed E-state index contributed by atoms with van der Waals surface area (Å²) in [5.74, 6) is 2.39. The molecule has 3 fully saturated rings. The summed E-state index contributed by atoms with van der Waals surface area (Å²) in [5.41, 5.74) is 3.60. The summed E-state index contributed by atoms with van der Waals surface area (Å²) in [6, 6.07) is 0. The SMILES string of the molecule is CC(C)CCC[C@@H](C)[C@H]1CC[C@H]2C3=CC=C4CC(O)(O)CC[C@]4(C)[C@H]3CC[C@]12C. The Morgan fingerprint density at radius 3 is 2.41 bits per heavy atom. The highest BCUT2D eigenvalue weighted by molar-refractivity contribution is 5.39. The van der Waals surface area contributed by atoms with Crippen LogP contribution in [0.2, 0.25) is 0 Å². The van der Waals surface area contributed by atoms with Gasteiger partial charge in [-0.3, -0.25) is 0 Å². The van der Waals surface area contributed by atoms with Crippen LogP contribution in [0.25, 0.3) is 0 Å². The minimum Gasteiger partial charge on any atom is -0.365 e. The molecule has 6 atom stereocenters. The van der Waals surface area contributed by atoms with Crippen LogP contribution in [0.15, 0.2) is 23.3 Å². The molecule has 0 aromatic rings. The fourth-order valence-corrected chi connectivity index (χ4v) is 8.00. The lowest BCUT2D eigenvalue weighted by Gasteiger charge is -2.55. The highest BCUT2D eigenvalue weighted by atomic mass is 16.5. The zero-order valence-electron chi connectivity index (χ0n) is 19.5. The molecule has 3 saturated carbocycles. The van der Waals surface area contributed by atoms with Crippen molar-refractivity contribution in [2.45, 2.75) is 105 Å². The second-order valence-electron chi connectivity index (χ2n) is 12.1. The third kappa shape index (κ3) is 3.67. The summed E-state index contributed by atoms with van der Waals surface area (Å²) in [7, 11) is 0. The van der Waals surface area contributed by atoms with E-state index < -0.39 is 5.79 Å². The van der Waals surface area contributed by atoms with Gasteiger partial charge in [-0.2, -0.15) is 0 Å². The van der Waals surface area contributed by atoms with Gasteiger partial charge >= 0.3 is 0 Å². The van der Waals surface area contributed by atoms with Gasteiger partial charge < -0.3 is 10.2 Å². The number of hydrogen-bond donors (Lipinski definition) is 2. The number of fused-ring (bicyclic) bond motifs is 5. The Kier molecular flexibility index (Phi) is 5.61. The van der Waals surface area contributed by atoms with Gasteiger partial charge in [-0.15, -0.1) is 0 Å². The Labute approximate surface area is 178 Å². The summed E-state index contributed by atoms with van der Waals surface area (Å²) in [4.78, 5) is 0. The zero-order valence-corrected chi connectivity index (χ0v) is 19.5. The predicted molar refractivity (Wildman–Crippen MR) is 120 cm³/mol. The van der Waals surface area contributed by atoms with Crippen LogP contribution in [0, 0.1) is 40.4 Å².